The Bertz CT molecular complexity index is 581. The van der Waals surface area contributed by atoms with E-state index in [1.807, 2.05) is 0 Å². The van der Waals surface area contributed by atoms with Gasteiger partial charge in [0.15, 0.2) is 5.69 Å². The summed E-state index contributed by atoms with van der Waals surface area (Å²) in [6.45, 7) is 1.69. The van der Waals surface area contributed by atoms with Crippen LogP contribution in [-0.4, -0.2) is 12.3 Å². The topological polar surface area (TPSA) is 80.0 Å². The van der Waals surface area contributed by atoms with Gasteiger partial charge in [0.2, 0.25) is 0 Å². The molecule has 1 aromatic heterocycles. The summed E-state index contributed by atoms with van der Waals surface area (Å²) in [6, 6.07) is 7.01. The molecule has 1 aromatic carbocycles. The molecule has 2 aromatic rings. The molecule has 0 fully saturated rings. The second-order valence-corrected chi connectivity index (χ2v) is 3.36. The summed E-state index contributed by atoms with van der Waals surface area (Å²) in [5.74, 6) is 0.737. The maximum absolute atomic E-state index is 11.2. The molecule has 0 spiro atoms. The smallest absolute Gasteiger partial charge is 0.384 e. The minimum atomic E-state index is -0.528. The molecular weight excluding hydrogens is 222 g/mol. The number of nitrogens with one attached hydrogen (secondary N) is 1. The Morgan fingerprint density at radius 3 is 2.47 bits per heavy atom. The molecule has 0 atom stereocenters. The van der Waals surface area contributed by atoms with E-state index in [1.165, 1.54) is 0 Å². The molecule has 0 saturated carbocycles. The Hall–Kier alpha value is -2.37. The Morgan fingerprint density at radius 2 is 1.94 bits per heavy atom. The third-order valence-electron chi connectivity index (χ3n) is 2.18. The van der Waals surface area contributed by atoms with Gasteiger partial charge in [-0.25, -0.2) is 9.95 Å². The van der Waals surface area contributed by atoms with E-state index in [-0.39, 0.29) is 5.69 Å². The van der Waals surface area contributed by atoms with Gasteiger partial charge >= 0.3 is 5.63 Å². The van der Waals surface area contributed by atoms with Gasteiger partial charge in [-0.3, -0.25) is 0 Å². The number of aromatic nitrogens is 1. The average Bonchev–Trinajstić information content (AvgIpc) is 2.67. The quantitative estimate of drug-likeness (QED) is 0.827. The summed E-state index contributed by atoms with van der Waals surface area (Å²) in [5.41, 5.74) is 0.832. The van der Waals surface area contributed by atoms with Crippen LogP contribution in [0.2, 0.25) is 0 Å². The normalized spacial score (nSPS) is 10.9. The highest BCUT2D eigenvalue weighted by atomic mass is 16.5. The second-order valence-electron chi connectivity index (χ2n) is 3.36. The number of aromatic amines is 1. The van der Waals surface area contributed by atoms with Crippen molar-refractivity contribution in [2.24, 2.45) is 10.2 Å². The number of hydrogen-bond donors (Lipinski definition) is 1. The molecule has 0 amide bonds. The molecule has 0 aliphatic heterocycles. The van der Waals surface area contributed by atoms with E-state index in [1.54, 1.807) is 38.3 Å². The van der Waals surface area contributed by atoms with Gasteiger partial charge in [0, 0.05) is 0 Å². The van der Waals surface area contributed by atoms with Crippen molar-refractivity contribution in [1.29, 1.82) is 0 Å². The zero-order valence-corrected chi connectivity index (χ0v) is 9.43. The van der Waals surface area contributed by atoms with Crippen molar-refractivity contribution in [2.45, 2.75) is 6.92 Å². The van der Waals surface area contributed by atoms with E-state index in [2.05, 4.69) is 19.9 Å². The number of H-pyrrole nitrogens is 1. The van der Waals surface area contributed by atoms with Gasteiger partial charge in [-0.05, 0) is 31.2 Å². The molecule has 1 N–H and O–H groups in total. The Morgan fingerprint density at radius 1 is 1.24 bits per heavy atom. The van der Waals surface area contributed by atoms with Gasteiger partial charge in [0.1, 0.15) is 5.75 Å². The number of aryl methyl sites for hydroxylation is 1. The first-order chi connectivity index (χ1) is 8.20. The lowest BCUT2D eigenvalue weighted by Crippen LogP contribution is -1.89. The fourth-order valence-electron chi connectivity index (χ4n) is 1.25. The van der Waals surface area contributed by atoms with Crippen LogP contribution in [0.5, 0.6) is 5.75 Å². The first kappa shape index (κ1) is 11.1. The summed E-state index contributed by atoms with van der Waals surface area (Å²) >= 11 is 0. The lowest BCUT2D eigenvalue weighted by Gasteiger charge is -1.97. The highest BCUT2D eigenvalue weighted by Gasteiger charge is 2.06. The van der Waals surface area contributed by atoms with Crippen molar-refractivity contribution in [3.63, 3.8) is 0 Å². The van der Waals surface area contributed by atoms with Crippen LogP contribution < -0.4 is 10.4 Å². The molecule has 1 heterocycles. The monoisotopic (exact) mass is 233 g/mol. The van der Waals surface area contributed by atoms with Crippen molar-refractivity contribution in [1.82, 2.24) is 5.16 Å². The minimum absolute atomic E-state index is 0.181. The molecule has 0 saturated heterocycles. The van der Waals surface area contributed by atoms with E-state index in [0.29, 0.717) is 11.4 Å². The number of nitrogens with zero attached hydrogens (tertiary/aromatic N) is 2. The molecule has 0 unspecified atom stereocenters. The van der Waals surface area contributed by atoms with Crippen LogP contribution in [0.25, 0.3) is 0 Å². The summed E-state index contributed by atoms with van der Waals surface area (Å²) in [5, 5.41) is 10.2. The van der Waals surface area contributed by atoms with E-state index >= 15 is 0 Å². The van der Waals surface area contributed by atoms with E-state index < -0.39 is 5.63 Å². The first-order valence-electron chi connectivity index (χ1n) is 4.94. The number of ether oxygens (including phenoxy) is 1. The van der Waals surface area contributed by atoms with Gasteiger partial charge in [0.05, 0.1) is 18.5 Å². The molecule has 17 heavy (non-hydrogen) atoms. The summed E-state index contributed by atoms with van der Waals surface area (Å²) < 4.78 is 9.58. The molecule has 0 aliphatic rings. The van der Waals surface area contributed by atoms with Gasteiger partial charge in [0.25, 0.3) is 0 Å². The zero-order valence-electron chi connectivity index (χ0n) is 9.43. The van der Waals surface area contributed by atoms with Gasteiger partial charge in [-0.1, -0.05) is 0 Å². The fraction of sp³-hybridized carbons (Fsp3) is 0.182. The van der Waals surface area contributed by atoms with Crippen LogP contribution in [0.3, 0.4) is 0 Å². The number of rotatable bonds is 3. The van der Waals surface area contributed by atoms with Crippen LogP contribution in [-0.2, 0) is 0 Å². The SMILES string of the molecule is COc1ccc(N=Nc2c(C)[nH]oc2=O)cc1. The van der Waals surface area contributed by atoms with Crippen LogP contribution in [0.4, 0.5) is 11.4 Å². The van der Waals surface area contributed by atoms with Crippen LogP contribution in [0.15, 0.2) is 43.8 Å². The number of methoxy groups -OCH3 is 1. The molecule has 6 heteroatoms. The standard InChI is InChI=1S/C11H11N3O3/c1-7-10(11(15)17-14-7)13-12-8-3-5-9(16-2)6-4-8/h3-6,14H,1-2H3. The van der Waals surface area contributed by atoms with E-state index in [9.17, 15) is 4.79 Å². The number of azo groups is 1. The zero-order chi connectivity index (χ0) is 12.3. The van der Waals surface area contributed by atoms with Crippen molar-refractivity contribution < 1.29 is 9.26 Å². The van der Waals surface area contributed by atoms with Gasteiger partial charge in [-0.2, -0.15) is 5.11 Å². The highest BCUT2D eigenvalue weighted by Crippen LogP contribution is 2.20. The second kappa shape index (κ2) is 4.65. The van der Waals surface area contributed by atoms with Crippen molar-refractivity contribution in [3.05, 3.63) is 40.4 Å². The largest absolute Gasteiger partial charge is 0.497 e. The van der Waals surface area contributed by atoms with Crippen molar-refractivity contribution >= 4 is 11.4 Å². The first-order valence-corrected chi connectivity index (χ1v) is 4.94. The highest BCUT2D eigenvalue weighted by molar-refractivity contribution is 5.42. The van der Waals surface area contributed by atoms with Crippen LogP contribution >= 0.6 is 0 Å². The predicted octanol–water partition coefficient (Wildman–Crippen LogP) is 2.70. The summed E-state index contributed by atoms with van der Waals surface area (Å²) in [7, 11) is 1.59. The van der Waals surface area contributed by atoms with Crippen molar-refractivity contribution in [3.8, 4) is 5.75 Å². The predicted molar refractivity (Wildman–Crippen MR) is 61.2 cm³/mol. The maximum Gasteiger partial charge on any atom is 0.384 e. The lowest BCUT2D eigenvalue weighted by molar-refractivity contribution is 0.388. The maximum atomic E-state index is 11.2. The van der Waals surface area contributed by atoms with E-state index in [0.717, 1.165) is 5.75 Å². The van der Waals surface area contributed by atoms with Crippen molar-refractivity contribution in [2.75, 3.05) is 7.11 Å². The Balaban J connectivity index is 2.23. The number of hydrogen-bond acceptors (Lipinski definition) is 5. The van der Waals surface area contributed by atoms with Crippen LogP contribution in [0.1, 0.15) is 5.69 Å². The van der Waals surface area contributed by atoms with Crippen LogP contribution in [0, 0.1) is 6.92 Å². The molecule has 0 aliphatic carbocycles. The summed E-state index contributed by atoms with van der Waals surface area (Å²) in [6.07, 6.45) is 0. The molecule has 0 bridgehead atoms. The van der Waals surface area contributed by atoms with Gasteiger partial charge in [-0.15, -0.1) is 5.11 Å². The Labute approximate surface area is 96.9 Å². The number of benzene rings is 1. The average molecular weight is 233 g/mol. The minimum Gasteiger partial charge on any atom is -0.497 e. The Kier molecular flexibility index (Phi) is 3.04. The molecule has 88 valence electrons. The molecule has 6 nitrogen and oxygen atoms in total. The lowest BCUT2D eigenvalue weighted by atomic mass is 10.3. The molecule has 2 rings (SSSR count). The third-order valence-corrected chi connectivity index (χ3v) is 2.18. The third kappa shape index (κ3) is 2.41. The summed E-state index contributed by atoms with van der Waals surface area (Å²) in [4.78, 5) is 11.2. The molecule has 0 radical (unpaired) electrons. The fourth-order valence-corrected chi connectivity index (χ4v) is 1.25. The van der Waals surface area contributed by atoms with Gasteiger partial charge < -0.3 is 9.26 Å². The van der Waals surface area contributed by atoms with E-state index in [4.69, 9.17) is 4.74 Å². The molecular formula is C11H11N3O3.